The van der Waals surface area contributed by atoms with Crippen LogP contribution in [0.1, 0.15) is 18.4 Å². The third-order valence-corrected chi connectivity index (χ3v) is 4.51. The first-order valence-corrected chi connectivity index (χ1v) is 8.06. The smallest absolute Gasteiger partial charge is 0.241 e. The normalized spacial score (nSPS) is 11.2. The van der Waals surface area contributed by atoms with Gasteiger partial charge in [-0.1, -0.05) is 12.1 Å². The van der Waals surface area contributed by atoms with E-state index in [0.717, 1.165) is 13.0 Å². The lowest BCUT2D eigenvalue weighted by atomic mass is 10.2. The van der Waals surface area contributed by atoms with Crippen molar-refractivity contribution in [1.29, 1.82) is 5.26 Å². The minimum absolute atomic E-state index is 0.0297. The number of nitrogens with one attached hydrogen (secondary N) is 1. The Balaban J connectivity index is 1.86. The van der Waals surface area contributed by atoms with Gasteiger partial charge >= 0.3 is 0 Å². The van der Waals surface area contributed by atoms with Gasteiger partial charge in [-0.3, -0.25) is 0 Å². The largest absolute Gasteiger partial charge is 0.337 e. The average Bonchev–Trinajstić information content (AvgIpc) is 3.00. The highest BCUT2D eigenvalue weighted by Gasteiger charge is 2.17. The highest BCUT2D eigenvalue weighted by atomic mass is 32.2. The van der Waals surface area contributed by atoms with Crippen molar-refractivity contribution in [2.24, 2.45) is 0 Å². The Morgan fingerprint density at radius 2 is 2.10 bits per heavy atom. The molecule has 0 saturated carbocycles. The molecule has 2 aromatic rings. The lowest BCUT2D eigenvalue weighted by Crippen LogP contribution is -2.25. The van der Waals surface area contributed by atoms with E-state index >= 15 is 0 Å². The molecule has 0 amide bonds. The molecule has 0 atom stereocenters. The summed E-state index contributed by atoms with van der Waals surface area (Å²) in [6.07, 6.45) is 6.87. The zero-order chi connectivity index (χ0) is 15.1. The van der Waals surface area contributed by atoms with Gasteiger partial charge in [0, 0.05) is 25.5 Å². The summed E-state index contributed by atoms with van der Waals surface area (Å²) >= 11 is 0. The van der Waals surface area contributed by atoms with E-state index in [0.29, 0.717) is 13.0 Å². The summed E-state index contributed by atoms with van der Waals surface area (Å²) in [5.41, 5.74) is 0.156. The van der Waals surface area contributed by atoms with E-state index < -0.39 is 10.0 Å². The maximum Gasteiger partial charge on any atom is 0.241 e. The fraction of sp³-hybridized carbons (Fsp3) is 0.286. The Labute approximate surface area is 124 Å². The summed E-state index contributed by atoms with van der Waals surface area (Å²) < 4.78 is 28.7. The number of nitrogens with zero attached hydrogens (tertiary/aromatic N) is 3. The molecule has 110 valence electrons. The van der Waals surface area contributed by atoms with Crippen LogP contribution in [0.5, 0.6) is 0 Å². The molecular weight excluding hydrogens is 288 g/mol. The molecule has 21 heavy (non-hydrogen) atoms. The number of hydrogen-bond donors (Lipinski definition) is 1. The van der Waals surface area contributed by atoms with Gasteiger partial charge in [0.25, 0.3) is 0 Å². The number of imidazole rings is 1. The first-order chi connectivity index (χ1) is 10.1. The van der Waals surface area contributed by atoms with Crippen LogP contribution in [-0.4, -0.2) is 24.5 Å². The van der Waals surface area contributed by atoms with Gasteiger partial charge < -0.3 is 4.57 Å². The molecule has 0 saturated heterocycles. The van der Waals surface area contributed by atoms with Gasteiger partial charge in [-0.25, -0.2) is 18.1 Å². The molecular formula is C14H16N4O2S. The minimum Gasteiger partial charge on any atom is -0.337 e. The van der Waals surface area contributed by atoms with Crippen LogP contribution in [0.4, 0.5) is 0 Å². The first kappa shape index (κ1) is 15.2. The second kappa shape index (κ2) is 7.02. The highest BCUT2D eigenvalue weighted by Crippen LogP contribution is 2.13. The maximum atomic E-state index is 12.1. The number of rotatable bonds is 7. The molecule has 0 unspecified atom stereocenters. The highest BCUT2D eigenvalue weighted by molar-refractivity contribution is 7.89. The Hall–Kier alpha value is -2.17. The number of sulfonamides is 1. The standard InChI is InChI=1S/C14H16N4O2S/c15-11-13-5-1-2-6-14(13)21(19,20)17-7-3-4-9-18-10-8-16-12-18/h1-2,5-6,8,10,12,17H,3-4,7,9H2. The van der Waals surface area contributed by atoms with E-state index in [9.17, 15) is 8.42 Å². The van der Waals surface area contributed by atoms with Gasteiger partial charge in [0.05, 0.1) is 16.8 Å². The van der Waals surface area contributed by atoms with Gasteiger partial charge in [-0.2, -0.15) is 5.26 Å². The number of hydrogen-bond acceptors (Lipinski definition) is 4. The molecule has 2 rings (SSSR count). The Kier molecular flexibility index (Phi) is 5.09. The predicted octanol–water partition coefficient (Wildman–Crippen LogP) is 1.51. The molecule has 0 fully saturated rings. The zero-order valence-corrected chi connectivity index (χ0v) is 12.3. The molecule has 1 N–H and O–H groups in total. The second-order valence-electron chi connectivity index (χ2n) is 4.51. The Morgan fingerprint density at radius 1 is 1.29 bits per heavy atom. The van der Waals surface area contributed by atoms with E-state index in [1.165, 1.54) is 12.1 Å². The molecule has 7 heteroatoms. The first-order valence-electron chi connectivity index (χ1n) is 6.58. The van der Waals surface area contributed by atoms with E-state index in [-0.39, 0.29) is 10.5 Å². The molecule has 0 aliphatic heterocycles. The number of aryl methyl sites for hydroxylation is 1. The topological polar surface area (TPSA) is 87.8 Å². The summed E-state index contributed by atoms with van der Waals surface area (Å²) in [4.78, 5) is 3.97. The van der Waals surface area contributed by atoms with Crippen molar-refractivity contribution in [2.75, 3.05) is 6.54 Å². The molecule has 0 radical (unpaired) electrons. The van der Waals surface area contributed by atoms with Gasteiger partial charge in [0.15, 0.2) is 0 Å². The van der Waals surface area contributed by atoms with Gasteiger partial charge in [-0.05, 0) is 25.0 Å². The van der Waals surface area contributed by atoms with Crippen LogP contribution in [0.3, 0.4) is 0 Å². The zero-order valence-electron chi connectivity index (χ0n) is 11.4. The van der Waals surface area contributed by atoms with Crippen molar-refractivity contribution in [1.82, 2.24) is 14.3 Å². The SMILES string of the molecule is N#Cc1ccccc1S(=O)(=O)NCCCCn1ccnc1. The summed E-state index contributed by atoms with van der Waals surface area (Å²) in [5.74, 6) is 0. The molecule has 1 aromatic heterocycles. The fourth-order valence-electron chi connectivity index (χ4n) is 1.92. The lowest BCUT2D eigenvalue weighted by Gasteiger charge is -2.08. The Bertz CT molecular complexity index is 718. The third-order valence-electron chi connectivity index (χ3n) is 2.99. The molecule has 0 aliphatic carbocycles. The van der Waals surface area contributed by atoms with Crippen molar-refractivity contribution >= 4 is 10.0 Å². The minimum atomic E-state index is -3.63. The van der Waals surface area contributed by atoms with Crippen LogP contribution in [0.25, 0.3) is 0 Å². The lowest BCUT2D eigenvalue weighted by molar-refractivity contribution is 0.566. The van der Waals surface area contributed by atoms with Crippen LogP contribution in [-0.2, 0) is 16.6 Å². The summed E-state index contributed by atoms with van der Waals surface area (Å²) in [6.45, 7) is 1.15. The molecule has 1 aromatic carbocycles. The molecule has 0 aliphatic rings. The molecule has 6 nitrogen and oxygen atoms in total. The van der Waals surface area contributed by atoms with Gasteiger partial charge in [0.1, 0.15) is 6.07 Å². The van der Waals surface area contributed by atoms with Crippen molar-refractivity contribution in [3.05, 3.63) is 48.5 Å². The summed E-state index contributed by atoms with van der Waals surface area (Å²) in [7, 11) is -3.63. The van der Waals surface area contributed by atoms with Crippen LogP contribution in [0.2, 0.25) is 0 Å². The van der Waals surface area contributed by atoms with Crippen molar-refractivity contribution < 1.29 is 8.42 Å². The summed E-state index contributed by atoms with van der Waals surface area (Å²) in [5, 5.41) is 8.95. The number of benzene rings is 1. The van der Waals surface area contributed by atoms with Crippen LogP contribution in [0, 0.1) is 11.3 Å². The Morgan fingerprint density at radius 3 is 2.81 bits per heavy atom. The van der Waals surface area contributed by atoms with Gasteiger partial charge in [0.2, 0.25) is 10.0 Å². The van der Waals surface area contributed by atoms with Crippen LogP contribution in [0.15, 0.2) is 47.9 Å². The summed E-state index contributed by atoms with van der Waals surface area (Å²) in [6, 6.07) is 8.07. The van der Waals surface area contributed by atoms with Crippen molar-refractivity contribution in [2.45, 2.75) is 24.3 Å². The number of aromatic nitrogens is 2. The second-order valence-corrected chi connectivity index (χ2v) is 6.25. The van der Waals surface area contributed by atoms with E-state index in [1.54, 1.807) is 24.7 Å². The molecule has 0 bridgehead atoms. The number of nitriles is 1. The van der Waals surface area contributed by atoms with Crippen molar-refractivity contribution in [3.8, 4) is 6.07 Å². The maximum absolute atomic E-state index is 12.1. The third kappa shape index (κ3) is 4.15. The number of unbranched alkanes of at least 4 members (excludes halogenated alkanes) is 1. The fourth-order valence-corrected chi connectivity index (χ4v) is 3.15. The molecule has 1 heterocycles. The predicted molar refractivity (Wildman–Crippen MR) is 77.8 cm³/mol. The van der Waals surface area contributed by atoms with E-state index in [1.807, 2.05) is 16.8 Å². The van der Waals surface area contributed by atoms with Crippen LogP contribution < -0.4 is 4.72 Å². The monoisotopic (exact) mass is 304 g/mol. The van der Waals surface area contributed by atoms with Crippen molar-refractivity contribution in [3.63, 3.8) is 0 Å². The average molecular weight is 304 g/mol. The van der Waals surface area contributed by atoms with Gasteiger partial charge in [-0.15, -0.1) is 0 Å². The van der Waals surface area contributed by atoms with Crippen LogP contribution >= 0.6 is 0 Å². The quantitative estimate of drug-likeness (QED) is 0.785. The van der Waals surface area contributed by atoms with E-state index in [2.05, 4.69) is 9.71 Å². The molecule has 0 spiro atoms. The van der Waals surface area contributed by atoms with E-state index in [4.69, 9.17) is 5.26 Å².